The molecule has 0 atom stereocenters. The third-order valence-electron chi connectivity index (χ3n) is 3.48. The van der Waals surface area contributed by atoms with Crippen molar-refractivity contribution in [3.63, 3.8) is 0 Å². The van der Waals surface area contributed by atoms with E-state index in [0.717, 1.165) is 11.6 Å². The van der Waals surface area contributed by atoms with Crippen molar-refractivity contribution in [3.8, 4) is 11.5 Å². The minimum absolute atomic E-state index is 0.190. The lowest BCUT2D eigenvalue weighted by Crippen LogP contribution is -2.41. The van der Waals surface area contributed by atoms with Crippen LogP contribution in [0.4, 0.5) is 13.2 Å². The molecule has 0 N–H and O–H groups in total. The van der Waals surface area contributed by atoms with Gasteiger partial charge in [0.1, 0.15) is 5.69 Å². The summed E-state index contributed by atoms with van der Waals surface area (Å²) < 4.78 is 49.8. The molecule has 0 unspecified atom stereocenters. The molecule has 0 saturated carbocycles. The van der Waals surface area contributed by atoms with Gasteiger partial charge in [0.25, 0.3) is 5.56 Å². The highest BCUT2D eigenvalue weighted by molar-refractivity contribution is 5.42. The zero-order valence-electron chi connectivity index (χ0n) is 13.2. The third-order valence-corrected chi connectivity index (χ3v) is 3.48. The van der Waals surface area contributed by atoms with Crippen LogP contribution in [0.5, 0.6) is 11.5 Å². The van der Waals surface area contributed by atoms with Gasteiger partial charge in [-0.05, 0) is 17.7 Å². The number of benzene rings is 1. The van der Waals surface area contributed by atoms with Crippen LogP contribution in [0.3, 0.4) is 0 Å². The number of hydrogen-bond donors (Lipinski definition) is 0. The average molecular weight is 344 g/mol. The van der Waals surface area contributed by atoms with Crippen LogP contribution >= 0.6 is 0 Å². The summed E-state index contributed by atoms with van der Waals surface area (Å²) in [5, 5.41) is 0. The first-order valence-corrected chi connectivity index (χ1v) is 6.78. The molecular weight excluding hydrogens is 329 g/mol. The first-order valence-electron chi connectivity index (χ1n) is 6.78. The van der Waals surface area contributed by atoms with Gasteiger partial charge in [0, 0.05) is 13.1 Å². The van der Waals surface area contributed by atoms with Gasteiger partial charge in [-0.2, -0.15) is 13.2 Å². The molecule has 2 aromatic rings. The molecule has 24 heavy (non-hydrogen) atoms. The molecule has 1 heterocycles. The second-order valence-electron chi connectivity index (χ2n) is 4.98. The molecule has 0 radical (unpaired) electrons. The van der Waals surface area contributed by atoms with Crippen LogP contribution < -0.4 is 20.7 Å². The maximum absolute atomic E-state index is 12.8. The Morgan fingerprint density at radius 1 is 1.04 bits per heavy atom. The average Bonchev–Trinajstić information content (AvgIpc) is 2.53. The van der Waals surface area contributed by atoms with Gasteiger partial charge in [-0.1, -0.05) is 6.07 Å². The highest BCUT2D eigenvalue weighted by atomic mass is 19.4. The van der Waals surface area contributed by atoms with E-state index in [9.17, 15) is 22.8 Å². The van der Waals surface area contributed by atoms with Crippen molar-refractivity contribution in [1.29, 1.82) is 0 Å². The van der Waals surface area contributed by atoms with E-state index in [1.165, 1.54) is 14.2 Å². The van der Waals surface area contributed by atoms with E-state index in [2.05, 4.69) is 0 Å². The Morgan fingerprint density at radius 3 is 2.21 bits per heavy atom. The number of methoxy groups -OCH3 is 2. The smallest absolute Gasteiger partial charge is 0.431 e. The number of rotatable bonds is 4. The molecule has 0 amide bonds. The highest BCUT2D eigenvalue weighted by Gasteiger charge is 2.34. The number of alkyl halides is 3. The van der Waals surface area contributed by atoms with E-state index >= 15 is 0 Å². The van der Waals surface area contributed by atoms with Crippen molar-refractivity contribution in [3.05, 3.63) is 56.4 Å². The van der Waals surface area contributed by atoms with Crippen molar-refractivity contribution >= 4 is 0 Å². The van der Waals surface area contributed by atoms with Gasteiger partial charge in [0.05, 0.1) is 20.8 Å². The maximum Gasteiger partial charge on any atom is 0.431 e. The Hall–Kier alpha value is -2.71. The van der Waals surface area contributed by atoms with Crippen LogP contribution in [0, 0.1) is 0 Å². The Labute approximate surface area is 134 Å². The minimum Gasteiger partial charge on any atom is -0.493 e. The molecule has 0 aliphatic heterocycles. The van der Waals surface area contributed by atoms with Crippen LogP contribution in [0.15, 0.2) is 33.9 Å². The number of aromatic nitrogens is 2. The van der Waals surface area contributed by atoms with Crippen molar-refractivity contribution in [2.75, 3.05) is 14.2 Å². The SMILES string of the molecule is COc1ccc(Cn2c(=O)cc(C(F)(F)F)n(C)c2=O)cc1OC. The Balaban J connectivity index is 2.50. The van der Waals surface area contributed by atoms with Crippen LogP contribution in [-0.2, 0) is 19.8 Å². The summed E-state index contributed by atoms with van der Waals surface area (Å²) in [5.41, 5.74) is -2.86. The summed E-state index contributed by atoms with van der Waals surface area (Å²) in [6, 6.07) is 5.11. The van der Waals surface area contributed by atoms with Gasteiger partial charge in [-0.3, -0.25) is 13.9 Å². The van der Waals surface area contributed by atoms with E-state index in [0.29, 0.717) is 27.7 Å². The fraction of sp³-hybridized carbons (Fsp3) is 0.333. The summed E-state index contributed by atoms with van der Waals surface area (Å²) in [6.45, 7) is -0.190. The first kappa shape index (κ1) is 17.6. The molecule has 2 rings (SSSR count). The van der Waals surface area contributed by atoms with Crippen LogP contribution in [-0.4, -0.2) is 23.4 Å². The molecule has 9 heteroatoms. The second-order valence-corrected chi connectivity index (χ2v) is 4.98. The highest BCUT2D eigenvalue weighted by Crippen LogP contribution is 2.28. The van der Waals surface area contributed by atoms with Crippen LogP contribution in [0.2, 0.25) is 0 Å². The number of hydrogen-bond acceptors (Lipinski definition) is 4. The summed E-state index contributed by atoms with van der Waals surface area (Å²) in [7, 11) is 3.84. The van der Waals surface area contributed by atoms with Gasteiger partial charge in [-0.25, -0.2) is 4.79 Å². The van der Waals surface area contributed by atoms with Crippen molar-refractivity contribution in [1.82, 2.24) is 9.13 Å². The van der Waals surface area contributed by atoms with Gasteiger partial charge in [-0.15, -0.1) is 0 Å². The monoisotopic (exact) mass is 344 g/mol. The topological polar surface area (TPSA) is 62.5 Å². The molecule has 130 valence electrons. The van der Waals surface area contributed by atoms with Crippen molar-refractivity contribution in [2.24, 2.45) is 7.05 Å². The van der Waals surface area contributed by atoms with Gasteiger partial charge in [0.15, 0.2) is 11.5 Å². The molecule has 0 aliphatic carbocycles. The molecular formula is C15H15F3N2O4. The molecule has 0 bridgehead atoms. The van der Waals surface area contributed by atoms with E-state index in [4.69, 9.17) is 9.47 Å². The van der Waals surface area contributed by atoms with Gasteiger partial charge >= 0.3 is 11.9 Å². The van der Waals surface area contributed by atoms with E-state index < -0.39 is 23.1 Å². The molecule has 0 saturated heterocycles. The summed E-state index contributed by atoms with van der Waals surface area (Å²) >= 11 is 0. The van der Waals surface area contributed by atoms with Gasteiger partial charge in [0.2, 0.25) is 0 Å². The first-order chi connectivity index (χ1) is 11.2. The minimum atomic E-state index is -4.78. The zero-order valence-corrected chi connectivity index (χ0v) is 13.2. The lowest BCUT2D eigenvalue weighted by molar-refractivity contribution is -0.144. The molecule has 0 fully saturated rings. The summed E-state index contributed by atoms with van der Waals surface area (Å²) in [5.74, 6) is 0.834. The number of nitrogens with zero attached hydrogens (tertiary/aromatic N) is 2. The normalized spacial score (nSPS) is 11.4. The Kier molecular flexibility index (Phi) is 4.72. The Bertz CT molecular complexity index is 868. The van der Waals surface area contributed by atoms with Crippen molar-refractivity contribution < 1.29 is 22.6 Å². The molecule has 1 aromatic carbocycles. The van der Waals surface area contributed by atoms with Crippen LogP contribution in [0.25, 0.3) is 0 Å². The molecule has 0 aliphatic rings. The predicted octanol–water partition coefficient (Wildman–Crippen LogP) is 1.63. The number of halogens is 3. The second kappa shape index (κ2) is 6.42. The fourth-order valence-corrected chi connectivity index (χ4v) is 2.25. The summed E-state index contributed by atoms with van der Waals surface area (Å²) in [4.78, 5) is 24.0. The van der Waals surface area contributed by atoms with Crippen molar-refractivity contribution in [2.45, 2.75) is 12.7 Å². The predicted molar refractivity (Wildman–Crippen MR) is 79.6 cm³/mol. The van der Waals surface area contributed by atoms with E-state index in [1.807, 2.05) is 0 Å². The molecule has 1 aromatic heterocycles. The molecule has 6 nitrogen and oxygen atoms in total. The zero-order chi connectivity index (χ0) is 18.1. The van der Waals surface area contributed by atoms with E-state index in [1.54, 1.807) is 18.2 Å². The fourth-order valence-electron chi connectivity index (χ4n) is 2.25. The van der Waals surface area contributed by atoms with Gasteiger partial charge < -0.3 is 9.47 Å². The number of ether oxygens (including phenoxy) is 2. The van der Waals surface area contributed by atoms with Crippen LogP contribution in [0.1, 0.15) is 11.3 Å². The Morgan fingerprint density at radius 2 is 1.67 bits per heavy atom. The standard InChI is InChI=1S/C15H15F3N2O4/c1-19-12(15(16,17)18)7-13(21)20(14(19)22)8-9-4-5-10(23-2)11(6-9)24-3/h4-7H,8H2,1-3H3. The quantitative estimate of drug-likeness (QED) is 0.846. The largest absolute Gasteiger partial charge is 0.493 e. The van der Waals surface area contributed by atoms with E-state index in [-0.39, 0.29) is 6.54 Å². The maximum atomic E-state index is 12.8. The lowest BCUT2D eigenvalue weighted by atomic mass is 10.2. The molecule has 0 spiro atoms. The lowest BCUT2D eigenvalue weighted by Gasteiger charge is -2.14. The third kappa shape index (κ3) is 3.29. The summed E-state index contributed by atoms with van der Waals surface area (Å²) in [6.07, 6.45) is -4.78.